The lowest BCUT2D eigenvalue weighted by molar-refractivity contribution is 0.0727. The molecule has 118 valence electrons. The Hall–Kier alpha value is -1.51. The van der Waals surface area contributed by atoms with E-state index in [1.54, 1.807) is 0 Å². The third-order valence-electron chi connectivity index (χ3n) is 3.83. The van der Waals surface area contributed by atoms with E-state index in [4.69, 9.17) is 0 Å². The molecule has 0 aliphatic heterocycles. The maximum absolute atomic E-state index is 12.6. The van der Waals surface area contributed by atoms with E-state index in [9.17, 15) is 4.79 Å². The average Bonchev–Trinajstić information content (AvgIpc) is 2.42. The zero-order valence-corrected chi connectivity index (χ0v) is 14.4. The molecule has 1 aromatic carbocycles. The summed E-state index contributed by atoms with van der Waals surface area (Å²) in [6.07, 6.45) is 2.12. The zero-order chi connectivity index (χ0) is 16.0. The minimum Gasteiger partial charge on any atom is -0.385 e. The van der Waals surface area contributed by atoms with Crippen molar-refractivity contribution in [2.24, 2.45) is 5.92 Å². The van der Waals surface area contributed by atoms with Crippen LogP contribution in [0.25, 0.3) is 0 Å². The molecular weight excluding hydrogens is 260 g/mol. The van der Waals surface area contributed by atoms with E-state index < -0.39 is 0 Å². The fraction of sp³-hybridized carbons (Fsp3) is 0.611. The van der Waals surface area contributed by atoms with Gasteiger partial charge < -0.3 is 10.2 Å². The fourth-order valence-corrected chi connectivity index (χ4v) is 2.51. The Morgan fingerprint density at radius 1 is 1.29 bits per heavy atom. The Kier molecular flexibility index (Phi) is 6.73. The Labute approximate surface area is 129 Å². The minimum absolute atomic E-state index is 0.114. The van der Waals surface area contributed by atoms with Crippen LogP contribution in [0.3, 0.4) is 0 Å². The van der Waals surface area contributed by atoms with Crippen LogP contribution in [0.1, 0.15) is 56.5 Å². The number of carbonyl (C=O) groups is 1. The number of amides is 1. The highest BCUT2D eigenvalue weighted by Crippen LogP contribution is 2.19. The summed E-state index contributed by atoms with van der Waals surface area (Å²) in [5, 5.41) is 3.35. The molecule has 0 radical (unpaired) electrons. The van der Waals surface area contributed by atoms with Crippen molar-refractivity contribution in [2.75, 3.05) is 18.9 Å². The van der Waals surface area contributed by atoms with E-state index in [0.717, 1.165) is 36.2 Å². The van der Waals surface area contributed by atoms with Gasteiger partial charge in [0, 0.05) is 30.9 Å². The van der Waals surface area contributed by atoms with Gasteiger partial charge in [0.1, 0.15) is 0 Å². The van der Waals surface area contributed by atoms with Gasteiger partial charge in [-0.05, 0) is 56.4 Å². The number of anilines is 1. The molecule has 0 spiro atoms. The summed E-state index contributed by atoms with van der Waals surface area (Å²) in [4.78, 5) is 14.5. The highest BCUT2D eigenvalue weighted by atomic mass is 16.2. The van der Waals surface area contributed by atoms with E-state index >= 15 is 0 Å². The molecule has 1 amide bonds. The number of aryl methyl sites for hydroxylation is 1. The molecule has 0 bridgehead atoms. The highest BCUT2D eigenvalue weighted by molar-refractivity contribution is 5.96. The number of nitrogens with one attached hydrogen (secondary N) is 1. The van der Waals surface area contributed by atoms with Gasteiger partial charge in [-0.1, -0.05) is 20.8 Å². The molecule has 1 N–H and O–H groups in total. The van der Waals surface area contributed by atoms with Crippen LogP contribution in [0.2, 0.25) is 0 Å². The molecule has 1 atom stereocenters. The third-order valence-corrected chi connectivity index (χ3v) is 3.83. The summed E-state index contributed by atoms with van der Waals surface area (Å²) < 4.78 is 0. The second-order valence-electron chi connectivity index (χ2n) is 6.35. The topological polar surface area (TPSA) is 32.3 Å². The van der Waals surface area contributed by atoms with Gasteiger partial charge in [-0.2, -0.15) is 0 Å². The molecule has 1 unspecified atom stereocenters. The molecule has 0 aliphatic carbocycles. The van der Waals surface area contributed by atoms with E-state index in [1.807, 2.05) is 31.0 Å². The lowest BCUT2D eigenvalue weighted by atomic mass is 10.0. The Morgan fingerprint density at radius 2 is 1.95 bits per heavy atom. The van der Waals surface area contributed by atoms with E-state index in [2.05, 4.69) is 39.1 Å². The largest absolute Gasteiger partial charge is 0.385 e. The summed E-state index contributed by atoms with van der Waals surface area (Å²) in [6.45, 7) is 11.6. The Morgan fingerprint density at radius 3 is 2.48 bits per heavy atom. The van der Waals surface area contributed by atoms with E-state index in [-0.39, 0.29) is 11.9 Å². The van der Waals surface area contributed by atoms with Crippen molar-refractivity contribution in [3.05, 3.63) is 29.3 Å². The van der Waals surface area contributed by atoms with Crippen LogP contribution in [0.4, 0.5) is 5.69 Å². The number of carbonyl (C=O) groups excluding carboxylic acids is 1. The standard InChI is InChI=1S/C18H30N2O/c1-7-10-19-16-8-9-17(14(4)12-16)18(21)20(6)15(5)11-13(2)3/h8-9,12-13,15,19H,7,10-11H2,1-6H3. The monoisotopic (exact) mass is 290 g/mol. The first-order chi connectivity index (χ1) is 9.86. The molecule has 21 heavy (non-hydrogen) atoms. The van der Waals surface area contributed by atoms with Crippen molar-refractivity contribution in [3.8, 4) is 0 Å². The van der Waals surface area contributed by atoms with Gasteiger partial charge in [-0.25, -0.2) is 0 Å². The molecular formula is C18H30N2O. The van der Waals surface area contributed by atoms with Crippen LogP contribution in [-0.4, -0.2) is 30.4 Å². The number of benzene rings is 1. The molecule has 3 heteroatoms. The normalized spacial score (nSPS) is 12.3. The van der Waals surface area contributed by atoms with Gasteiger partial charge in [0.05, 0.1) is 0 Å². The van der Waals surface area contributed by atoms with Gasteiger partial charge in [-0.3, -0.25) is 4.79 Å². The fourth-order valence-electron chi connectivity index (χ4n) is 2.51. The lowest BCUT2D eigenvalue weighted by Crippen LogP contribution is -2.36. The number of nitrogens with zero attached hydrogens (tertiary/aromatic N) is 1. The maximum atomic E-state index is 12.6. The summed E-state index contributed by atoms with van der Waals surface area (Å²) >= 11 is 0. The van der Waals surface area contributed by atoms with Gasteiger partial charge in [0.15, 0.2) is 0 Å². The summed E-state index contributed by atoms with van der Waals surface area (Å²) in [5.74, 6) is 0.708. The number of rotatable bonds is 7. The smallest absolute Gasteiger partial charge is 0.254 e. The molecule has 1 aromatic rings. The first kappa shape index (κ1) is 17.5. The van der Waals surface area contributed by atoms with Crippen molar-refractivity contribution >= 4 is 11.6 Å². The lowest BCUT2D eigenvalue weighted by Gasteiger charge is -2.27. The van der Waals surface area contributed by atoms with Crippen molar-refractivity contribution in [2.45, 2.75) is 53.5 Å². The van der Waals surface area contributed by atoms with Gasteiger partial charge in [-0.15, -0.1) is 0 Å². The predicted molar refractivity (Wildman–Crippen MR) is 91.0 cm³/mol. The van der Waals surface area contributed by atoms with E-state index in [1.165, 1.54) is 0 Å². The van der Waals surface area contributed by atoms with Crippen LogP contribution < -0.4 is 5.32 Å². The second kappa shape index (κ2) is 8.06. The van der Waals surface area contributed by atoms with Crippen LogP contribution in [0.15, 0.2) is 18.2 Å². The molecule has 0 fully saturated rings. The maximum Gasteiger partial charge on any atom is 0.254 e. The molecule has 0 aliphatic rings. The first-order valence-electron chi connectivity index (χ1n) is 7.98. The summed E-state index contributed by atoms with van der Waals surface area (Å²) in [7, 11) is 1.90. The third kappa shape index (κ3) is 5.07. The average molecular weight is 290 g/mol. The minimum atomic E-state index is 0.114. The molecule has 0 saturated heterocycles. The molecule has 0 aromatic heterocycles. The van der Waals surface area contributed by atoms with Crippen molar-refractivity contribution in [1.82, 2.24) is 4.90 Å². The van der Waals surface area contributed by atoms with Crippen LogP contribution in [0.5, 0.6) is 0 Å². The van der Waals surface area contributed by atoms with Gasteiger partial charge >= 0.3 is 0 Å². The number of hydrogen-bond acceptors (Lipinski definition) is 2. The predicted octanol–water partition coefficient (Wildman–Crippen LogP) is 4.32. The van der Waals surface area contributed by atoms with Crippen LogP contribution in [-0.2, 0) is 0 Å². The second-order valence-corrected chi connectivity index (χ2v) is 6.35. The SMILES string of the molecule is CCCNc1ccc(C(=O)N(C)C(C)CC(C)C)c(C)c1. The van der Waals surface area contributed by atoms with Crippen molar-refractivity contribution in [3.63, 3.8) is 0 Å². The Balaban J connectivity index is 2.82. The molecule has 3 nitrogen and oxygen atoms in total. The highest BCUT2D eigenvalue weighted by Gasteiger charge is 2.19. The molecule has 0 heterocycles. The number of hydrogen-bond donors (Lipinski definition) is 1. The van der Waals surface area contributed by atoms with Gasteiger partial charge in [0.2, 0.25) is 0 Å². The molecule has 1 rings (SSSR count). The van der Waals surface area contributed by atoms with Gasteiger partial charge in [0.25, 0.3) is 5.91 Å². The van der Waals surface area contributed by atoms with Crippen molar-refractivity contribution in [1.29, 1.82) is 0 Å². The summed E-state index contributed by atoms with van der Waals surface area (Å²) in [6, 6.07) is 6.25. The van der Waals surface area contributed by atoms with Crippen LogP contribution >= 0.6 is 0 Å². The Bertz CT molecular complexity index is 468. The first-order valence-corrected chi connectivity index (χ1v) is 7.98. The zero-order valence-electron chi connectivity index (χ0n) is 14.4. The van der Waals surface area contributed by atoms with Crippen LogP contribution in [0, 0.1) is 12.8 Å². The summed E-state index contributed by atoms with van der Waals surface area (Å²) in [5.41, 5.74) is 2.92. The van der Waals surface area contributed by atoms with E-state index in [0.29, 0.717) is 5.92 Å². The quantitative estimate of drug-likeness (QED) is 0.811. The van der Waals surface area contributed by atoms with Crippen molar-refractivity contribution < 1.29 is 4.79 Å². The molecule has 0 saturated carbocycles.